The molecule has 1 atom stereocenters. The van der Waals surface area contributed by atoms with Crippen molar-refractivity contribution in [2.75, 3.05) is 0 Å². The number of phenolic OH excluding ortho intramolecular Hbond substituents is 2. The van der Waals surface area contributed by atoms with Crippen LogP contribution in [-0.4, -0.2) is 27.3 Å². The predicted molar refractivity (Wildman–Crippen MR) is 49.0 cm³/mol. The average Bonchev–Trinajstić information content (AvgIpc) is 2.18. The maximum atomic E-state index is 13.2. The van der Waals surface area contributed by atoms with Crippen LogP contribution in [0.2, 0.25) is 0 Å². The molecule has 0 aliphatic carbocycles. The van der Waals surface area contributed by atoms with E-state index in [-0.39, 0.29) is 12.0 Å². The lowest BCUT2D eigenvalue weighted by atomic mass is 10.1. The Morgan fingerprint density at radius 3 is 2.60 bits per heavy atom. The monoisotopic (exact) mass is 214 g/mol. The first-order valence-electron chi connectivity index (χ1n) is 4.11. The molecule has 0 aromatic heterocycles. The minimum absolute atomic E-state index is 0.0554. The Labute approximate surface area is 84.6 Å². The van der Waals surface area contributed by atoms with Crippen LogP contribution in [0.5, 0.6) is 11.5 Å². The van der Waals surface area contributed by atoms with E-state index in [1.54, 1.807) is 0 Å². The van der Waals surface area contributed by atoms with Gasteiger partial charge in [-0.25, -0.2) is 4.39 Å². The molecule has 0 saturated heterocycles. The Bertz CT molecular complexity index is 394. The second-order valence-corrected chi connectivity index (χ2v) is 3.06. The van der Waals surface area contributed by atoms with Gasteiger partial charge < -0.3 is 21.1 Å². The molecule has 0 spiro atoms. The van der Waals surface area contributed by atoms with Gasteiger partial charge in [-0.1, -0.05) is 6.07 Å². The molecule has 0 fully saturated rings. The van der Waals surface area contributed by atoms with Crippen molar-refractivity contribution in [2.45, 2.75) is 12.5 Å². The third-order valence-corrected chi connectivity index (χ3v) is 1.93. The summed E-state index contributed by atoms with van der Waals surface area (Å²) in [6.07, 6.45) is -0.255. The van der Waals surface area contributed by atoms with Crippen LogP contribution >= 0.6 is 0 Å². The Morgan fingerprint density at radius 2 is 2.07 bits per heavy atom. The molecule has 0 aliphatic rings. The number of aliphatic carboxylic acids is 1. The number of carbonyl (C=O) groups is 1. The summed E-state index contributed by atoms with van der Waals surface area (Å²) in [7, 11) is 0. The van der Waals surface area contributed by atoms with Crippen LogP contribution < -0.4 is 5.73 Å². The van der Waals surface area contributed by atoms with Crippen LogP contribution in [0, 0.1) is 5.82 Å². The normalized spacial score (nSPS) is 12.4. The Balaban J connectivity index is 2.97. The van der Waals surface area contributed by atoms with Gasteiger partial charge in [0.15, 0.2) is 17.3 Å². The lowest BCUT2D eigenvalue weighted by molar-refractivity contribution is -0.138. The largest absolute Gasteiger partial charge is 0.504 e. The summed E-state index contributed by atoms with van der Waals surface area (Å²) in [6.45, 7) is 0. The third-order valence-electron chi connectivity index (χ3n) is 1.93. The number of halogens is 1. The van der Waals surface area contributed by atoms with Gasteiger partial charge in [0, 0.05) is 6.42 Å². The number of hydrogen-bond donors (Lipinski definition) is 4. The zero-order valence-electron chi connectivity index (χ0n) is 7.64. The van der Waals surface area contributed by atoms with E-state index in [1.807, 2.05) is 0 Å². The Morgan fingerprint density at radius 1 is 1.47 bits per heavy atom. The van der Waals surface area contributed by atoms with Gasteiger partial charge in [-0.3, -0.25) is 4.79 Å². The Kier molecular flexibility index (Phi) is 3.11. The molecule has 0 aliphatic heterocycles. The summed E-state index contributed by atoms with van der Waals surface area (Å²) in [6, 6.07) is 0.999. The van der Waals surface area contributed by atoms with Crippen LogP contribution in [0.1, 0.15) is 5.56 Å². The molecule has 0 saturated carbocycles. The molecule has 82 valence electrons. The third kappa shape index (κ3) is 2.35. The molecular weight excluding hydrogens is 204 g/mol. The molecule has 5 N–H and O–H groups in total. The van der Waals surface area contributed by atoms with Crippen LogP contribution in [0.4, 0.5) is 4.39 Å². The van der Waals surface area contributed by atoms with E-state index in [0.717, 1.165) is 6.07 Å². The molecule has 0 radical (unpaired) electrons. The smallest absolute Gasteiger partial charge is 0.320 e. The highest BCUT2D eigenvalue weighted by Gasteiger charge is 2.18. The quantitative estimate of drug-likeness (QED) is 0.538. The number of carboxylic acid groups (broad SMARTS) is 1. The molecule has 0 heterocycles. The van der Waals surface area contributed by atoms with E-state index in [1.165, 1.54) is 6.07 Å². The van der Waals surface area contributed by atoms with E-state index in [4.69, 9.17) is 21.1 Å². The van der Waals surface area contributed by atoms with Crippen molar-refractivity contribution in [1.29, 1.82) is 0 Å². The zero-order valence-corrected chi connectivity index (χ0v) is 7.64. The van der Waals surface area contributed by atoms with Crippen molar-refractivity contribution < 1.29 is 24.5 Å². The summed E-state index contributed by atoms with van der Waals surface area (Å²) in [5, 5.41) is 26.5. The summed E-state index contributed by atoms with van der Waals surface area (Å²) >= 11 is 0. The number of nitrogens with two attached hydrogens (primary N) is 1. The predicted octanol–water partition coefficient (Wildman–Crippen LogP) is 0.191. The van der Waals surface area contributed by atoms with Gasteiger partial charge in [0.2, 0.25) is 0 Å². The van der Waals surface area contributed by atoms with Gasteiger partial charge in [0.05, 0.1) is 0 Å². The van der Waals surface area contributed by atoms with Crippen molar-refractivity contribution in [3.63, 3.8) is 0 Å². The van der Waals surface area contributed by atoms with Gasteiger partial charge in [-0.2, -0.15) is 0 Å². The topological polar surface area (TPSA) is 104 Å². The summed E-state index contributed by atoms with van der Waals surface area (Å²) < 4.78 is 13.2. The van der Waals surface area contributed by atoms with Crippen molar-refractivity contribution in [3.8, 4) is 11.5 Å². The number of phenols is 2. The van der Waals surface area contributed by atoms with Crippen LogP contribution in [-0.2, 0) is 11.2 Å². The first-order valence-corrected chi connectivity index (χ1v) is 4.11. The molecule has 0 amide bonds. The Hall–Kier alpha value is -1.82. The molecule has 0 bridgehead atoms. The highest BCUT2D eigenvalue weighted by Crippen LogP contribution is 2.30. The number of hydrogen-bond acceptors (Lipinski definition) is 4. The van der Waals surface area contributed by atoms with Crippen molar-refractivity contribution in [2.24, 2.45) is 5.73 Å². The molecule has 15 heavy (non-hydrogen) atoms. The van der Waals surface area contributed by atoms with Gasteiger partial charge in [0.25, 0.3) is 0 Å². The van der Waals surface area contributed by atoms with E-state index >= 15 is 0 Å². The van der Waals surface area contributed by atoms with E-state index < -0.39 is 29.3 Å². The molecular formula is C9H10FNO4. The SMILES string of the molecule is N[C@@H](Cc1ccc(O)c(O)c1[18F])C(=O)O. The molecule has 1 aromatic carbocycles. The fourth-order valence-corrected chi connectivity index (χ4v) is 1.08. The first kappa shape index (κ1) is 11.3. The number of aromatic hydroxyl groups is 2. The second-order valence-electron chi connectivity index (χ2n) is 3.06. The molecule has 1 rings (SSSR count). The number of carboxylic acids is 1. The molecule has 0 unspecified atom stereocenters. The van der Waals surface area contributed by atoms with E-state index in [0.29, 0.717) is 0 Å². The fourth-order valence-electron chi connectivity index (χ4n) is 1.08. The molecule has 6 heteroatoms. The van der Waals surface area contributed by atoms with Crippen LogP contribution in [0.15, 0.2) is 12.1 Å². The van der Waals surface area contributed by atoms with Crippen LogP contribution in [0.25, 0.3) is 0 Å². The highest BCUT2D eigenvalue weighted by molar-refractivity contribution is 5.73. The lowest BCUT2D eigenvalue weighted by Crippen LogP contribution is -2.32. The lowest BCUT2D eigenvalue weighted by Gasteiger charge is -2.08. The van der Waals surface area contributed by atoms with E-state index in [9.17, 15) is 9.18 Å². The maximum Gasteiger partial charge on any atom is 0.320 e. The van der Waals surface area contributed by atoms with Crippen LogP contribution in [0.3, 0.4) is 0 Å². The summed E-state index contributed by atoms with van der Waals surface area (Å²) in [5.74, 6) is -3.81. The highest BCUT2D eigenvalue weighted by atomic mass is 18.2. The van der Waals surface area contributed by atoms with Crippen molar-refractivity contribution in [3.05, 3.63) is 23.5 Å². The summed E-state index contributed by atoms with van der Waals surface area (Å²) in [4.78, 5) is 10.4. The number of rotatable bonds is 3. The number of benzene rings is 1. The molecule has 1 aromatic rings. The van der Waals surface area contributed by atoms with Crippen molar-refractivity contribution in [1.82, 2.24) is 0 Å². The molecule has 5 nitrogen and oxygen atoms in total. The minimum atomic E-state index is -1.26. The van der Waals surface area contributed by atoms with Crippen molar-refractivity contribution >= 4 is 5.97 Å². The van der Waals surface area contributed by atoms with Gasteiger partial charge in [-0.15, -0.1) is 0 Å². The standard InChI is InChI=1S/C9H10FNO4/c10-7-4(3-5(11)9(14)15)1-2-6(12)8(7)13/h1-2,5,12-13H,3,11H2,(H,14,15)/t5-/m0/s1/i10-1. The van der Waals surface area contributed by atoms with E-state index in [2.05, 4.69) is 0 Å². The average molecular weight is 214 g/mol. The minimum Gasteiger partial charge on any atom is -0.504 e. The summed E-state index contributed by atoms with van der Waals surface area (Å²) in [5.41, 5.74) is 5.14. The van der Waals surface area contributed by atoms with Gasteiger partial charge in [-0.05, 0) is 11.6 Å². The maximum absolute atomic E-state index is 13.2. The first-order chi connectivity index (χ1) is 6.93. The van der Waals surface area contributed by atoms with Gasteiger partial charge in [0.1, 0.15) is 6.04 Å². The van der Waals surface area contributed by atoms with Gasteiger partial charge >= 0.3 is 5.97 Å². The second kappa shape index (κ2) is 4.14. The zero-order chi connectivity index (χ0) is 11.6. The fraction of sp³-hybridized carbons (Fsp3) is 0.222.